The summed E-state index contributed by atoms with van der Waals surface area (Å²) in [6, 6.07) is 4.77. The van der Waals surface area contributed by atoms with Crippen LogP contribution in [0, 0.1) is 0 Å². The number of aromatic amines is 2. The zero-order valence-electron chi connectivity index (χ0n) is 7.33. The van der Waals surface area contributed by atoms with Crippen LogP contribution in [0.1, 0.15) is 0 Å². The second kappa shape index (κ2) is 3.35. The van der Waals surface area contributed by atoms with E-state index in [2.05, 4.69) is 10.2 Å². The summed E-state index contributed by atoms with van der Waals surface area (Å²) < 4.78 is 0. The van der Waals surface area contributed by atoms with Crippen molar-refractivity contribution in [2.75, 3.05) is 5.73 Å². The van der Waals surface area contributed by atoms with Gasteiger partial charge in [0.2, 0.25) is 0 Å². The van der Waals surface area contributed by atoms with Crippen LogP contribution in [0.5, 0.6) is 0 Å². The van der Waals surface area contributed by atoms with Gasteiger partial charge in [-0.1, -0.05) is 6.07 Å². The number of nitrogen functional groups attached to an aromatic ring is 1. The normalized spacial score (nSPS) is 9.71. The predicted octanol–water partition coefficient (Wildman–Crippen LogP) is -0.0394. The lowest BCUT2D eigenvalue weighted by Crippen LogP contribution is -2.19. The van der Waals surface area contributed by atoms with Gasteiger partial charge in [0.05, 0.1) is 10.8 Å². The zero-order valence-corrected chi connectivity index (χ0v) is 7.33. The summed E-state index contributed by atoms with van der Waals surface area (Å²) in [5.41, 5.74) is 5.14. The van der Waals surface area contributed by atoms with Crippen LogP contribution in [0.3, 0.4) is 0 Å². The molecule has 2 aromatic rings. The number of H-pyrrole nitrogens is 2. The van der Waals surface area contributed by atoms with Crippen molar-refractivity contribution >= 4 is 16.5 Å². The molecular weight excluding hydrogens is 184 g/mol. The highest BCUT2D eigenvalue weighted by molar-refractivity contribution is 5.91. The van der Waals surface area contributed by atoms with E-state index in [4.69, 9.17) is 5.73 Å². The van der Waals surface area contributed by atoms with Gasteiger partial charge in [0, 0.05) is 5.69 Å². The van der Waals surface area contributed by atoms with E-state index in [-0.39, 0.29) is 22.7 Å². The molecule has 0 aliphatic carbocycles. The average Bonchev–Trinajstić information content (AvgIpc) is 2.12. The van der Waals surface area contributed by atoms with Crippen molar-refractivity contribution in [3.63, 3.8) is 0 Å². The number of hydrogen-bond donors (Lipinski definition) is 4. The molecule has 0 amide bonds. The maximum Gasteiger partial charge on any atom is 0.272 e. The van der Waals surface area contributed by atoms with E-state index in [1.54, 1.807) is 18.2 Å². The van der Waals surface area contributed by atoms with Gasteiger partial charge in [-0.3, -0.25) is 19.8 Å². The molecule has 74 valence electrons. The summed E-state index contributed by atoms with van der Waals surface area (Å²) in [6.07, 6.45) is 0. The maximum atomic E-state index is 11.2. The molecule has 0 aliphatic rings. The van der Waals surface area contributed by atoms with E-state index in [1.165, 1.54) is 0 Å². The first kappa shape index (κ1) is 10.0. The molecule has 0 atom stereocenters. The summed E-state index contributed by atoms with van der Waals surface area (Å²) in [4.78, 5) is 22.4. The van der Waals surface area contributed by atoms with Crippen LogP contribution in [0.4, 0.5) is 5.69 Å². The maximum absolute atomic E-state index is 11.2. The Balaban J connectivity index is 0.000000980. The van der Waals surface area contributed by atoms with Gasteiger partial charge in [-0.25, -0.2) is 0 Å². The van der Waals surface area contributed by atoms with Crippen molar-refractivity contribution in [3.05, 3.63) is 38.9 Å². The molecule has 6 heteroatoms. The van der Waals surface area contributed by atoms with Crippen LogP contribution < -0.4 is 23.0 Å². The Bertz CT molecular complexity index is 569. The van der Waals surface area contributed by atoms with Crippen molar-refractivity contribution in [3.8, 4) is 0 Å². The van der Waals surface area contributed by atoms with Gasteiger partial charge in [0.1, 0.15) is 0 Å². The van der Waals surface area contributed by atoms with Crippen LogP contribution in [0.2, 0.25) is 0 Å². The molecule has 6 nitrogen and oxygen atoms in total. The quantitative estimate of drug-likeness (QED) is 0.439. The zero-order chi connectivity index (χ0) is 9.42. The fraction of sp³-hybridized carbons (Fsp3) is 0. The first-order valence-corrected chi connectivity index (χ1v) is 3.69. The SMILES string of the molecule is N.Nc1cccc2c(=O)[nH][nH]c(=O)c12. The molecule has 0 spiro atoms. The number of fused-ring (bicyclic) bond motifs is 1. The summed E-state index contributed by atoms with van der Waals surface area (Å²) in [5, 5.41) is 4.98. The summed E-state index contributed by atoms with van der Waals surface area (Å²) in [7, 11) is 0. The van der Waals surface area contributed by atoms with Gasteiger partial charge < -0.3 is 11.9 Å². The lowest BCUT2D eigenvalue weighted by molar-refractivity contribution is 0.977. The van der Waals surface area contributed by atoms with Crippen molar-refractivity contribution in [1.29, 1.82) is 0 Å². The number of benzene rings is 1. The third kappa shape index (κ3) is 1.27. The van der Waals surface area contributed by atoms with Gasteiger partial charge in [0.25, 0.3) is 11.1 Å². The van der Waals surface area contributed by atoms with Crippen LogP contribution in [-0.2, 0) is 0 Å². The molecular formula is C8H10N4O2. The van der Waals surface area contributed by atoms with Crippen molar-refractivity contribution in [2.45, 2.75) is 0 Å². The molecule has 0 saturated heterocycles. The van der Waals surface area contributed by atoms with Crippen LogP contribution in [-0.4, -0.2) is 10.2 Å². The smallest absolute Gasteiger partial charge is 0.272 e. The van der Waals surface area contributed by atoms with Gasteiger partial charge in [-0.2, -0.15) is 0 Å². The topological polar surface area (TPSA) is 127 Å². The fourth-order valence-electron chi connectivity index (χ4n) is 1.26. The lowest BCUT2D eigenvalue weighted by Gasteiger charge is -1.97. The number of hydrogen-bond acceptors (Lipinski definition) is 4. The molecule has 1 aromatic heterocycles. The summed E-state index contributed by atoms with van der Waals surface area (Å²) in [6.45, 7) is 0. The van der Waals surface area contributed by atoms with E-state index < -0.39 is 0 Å². The van der Waals surface area contributed by atoms with E-state index in [1.807, 2.05) is 0 Å². The Kier molecular flexibility index (Phi) is 2.39. The monoisotopic (exact) mass is 194 g/mol. The molecule has 7 N–H and O–H groups in total. The highest BCUT2D eigenvalue weighted by atomic mass is 16.1. The minimum Gasteiger partial charge on any atom is -0.398 e. The van der Waals surface area contributed by atoms with Crippen molar-refractivity contribution in [1.82, 2.24) is 16.3 Å². The Morgan fingerprint density at radius 1 is 1.07 bits per heavy atom. The summed E-state index contributed by atoms with van der Waals surface area (Å²) >= 11 is 0. The van der Waals surface area contributed by atoms with E-state index in [9.17, 15) is 9.59 Å². The molecule has 2 rings (SSSR count). The number of nitrogens with one attached hydrogen (secondary N) is 2. The highest BCUT2D eigenvalue weighted by Gasteiger charge is 2.04. The molecule has 1 heterocycles. The Labute approximate surface area is 78.3 Å². The Hall–Kier alpha value is -2.08. The Morgan fingerprint density at radius 2 is 1.71 bits per heavy atom. The van der Waals surface area contributed by atoms with Crippen molar-refractivity contribution < 1.29 is 0 Å². The molecule has 0 radical (unpaired) electrons. The third-order valence-corrected chi connectivity index (χ3v) is 1.86. The van der Waals surface area contributed by atoms with E-state index in [0.717, 1.165) is 0 Å². The van der Waals surface area contributed by atoms with Gasteiger partial charge in [-0.05, 0) is 12.1 Å². The van der Waals surface area contributed by atoms with E-state index >= 15 is 0 Å². The highest BCUT2D eigenvalue weighted by Crippen LogP contribution is 2.11. The van der Waals surface area contributed by atoms with Crippen molar-refractivity contribution in [2.24, 2.45) is 0 Å². The van der Waals surface area contributed by atoms with Gasteiger partial charge in [-0.15, -0.1) is 0 Å². The Morgan fingerprint density at radius 3 is 2.36 bits per heavy atom. The fourth-order valence-corrected chi connectivity index (χ4v) is 1.26. The molecule has 0 aliphatic heterocycles. The van der Waals surface area contributed by atoms with Crippen LogP contribution in [0.25, 0.3) is 10.8 Å². The first-order valence-electron chi connectivity index (χ1n) is 3.69. The number of aromatic nitrogens is 2. The van der Waals surface area contributed by atoms with Gasteiger partial charge in [0.15, 0.2) is 0 Å². The minimum absolute atomic E-state index is 0. The van der Waals surface area contributed by atoms with Gasteiger partial charge >= 0.3 is 0 Å². The standard InChI is InChI=1S/C8H7N3O2.H3N/c9-5-3-1-2-4-6(5)8(13)11-10-7(4)12;/h1-3H,9H2,(H,10,12)(H,11,13);1H3. The first-order chi connectivity index (χ1) is 6.20. The second-order valence-electron chi connectivity index (χ2n) is 2.68. The molecule has 14 heavy (non-hydrogen) atoms. The number of nitrogens with two attached hydrogens (primary N) is 1. The third-order valence-electron chi connectivity index (χ3n) is 1.86. The molecule has 0 bridgehead atoms. The molecule has 0 saturated carbocycles. The molecule has 0 unspecified atom stereocenters. The molecule has 1 aromatic carbocycles. The molecule has 0 fully saturated rings. The van der Waals surface area contributed by atoms with Crippen LogP contribution >= 0.6 is 0 Å². The lowest BCUT2D eigenvalue weighted by atomic mass is 10.2. The summed E-state index contributed by atoms with van der Waals surface area (Å²) in [5.74, 6) is 0. The predicted molar refractivity (Wildman–Crippen MR) is 54.6 cm³/mol. The van der Waals surface area contributed by atoms with Crippen LogP contribution in [0.15, 0.2) is 27.8 Å². The second-order valence-corrected chi connectivity index (χ2v) is 2.68. The average molecular weight is 194 g/mol. The minimum atomic E-state index is -0.382. The van der Waals surface area contributed by atoms with E-state index in [0.29, 0.717) is 11.1 Å². The number of rotatable bonds is 0. The largest absolute Gasteiger partial charge is 0.398 e. The number of anilines is 1.